The molecule has 0 amide bonds. The lowest BCUT2D eigenvalue weighted by molar-refractivity contribution is -0.152. The summed E-state index contributed by atoms with van der Waals surface area (Å²) in [6.07, 6.45) is 0.361. The van der Waals surface area contributed by atoms with Gasteiger partial charge in [0.2, 0.25) is 0 Å². The Hall–Kier alpha value is -1.10. The first-order chi connectivity index (χ1) is 5.54. The summed E-state index contributed by atoms with van der Waals surface area (Å²) in [4.78, 5) is 21.3. The first kappa shape index (κ1) is 10.9. The molecule has 5 heteroatoms. The first-order valence-corrected chi connectivity index (χ1v) is 3.60. The smallest absolute Gasteiger partial charge is 0.321 e. The highest BCUT2D eigenvalue weighted by Crippen LogP contribution is 2.08. The fourth-order valence-corrected chi connectivity index (χ4v) is 0.891. The van der Waals surface area contributed by atoms with Gasteiger partial charge < -0.3 is 15.6 Å². The molecule has 2 atom stereocenters. The van der Waals surface area contributed by atoms with Crippen LogP contribution in [0.1, 0.15) is 13.3 Å². The number of carboxylic acid groups (broad SMARTS) is 1. The van der Waals surface area contributed by atoms with Crippen molar-refractivity contribution in [3.63, 3.8) is 0 Å². The summed E-state index contributed by atoms with van der Waals surface area (Å²) in [6, 6.07) is -1.18. The van der Waals surface area contributed by atoms with Gasteiger partial charge >= 0.3 is 11.9 Å². The van der Waals surface area contributed by atoms with Crippen molar-refractivity contribution in [1.82, 2.24) is 0 Å². The van der Waals surface area contributed by atoms with Crippen molar-refractivity contribution >= 4 is 11.9 Å². The lowest BCUT2D eigenvalue weighted by Crippen LogP contribution is -2.42. The zero-order valence-corrected chi connectivity index (χ0v) is 7.11. The number of rotatable bonds is 4. The van der Waals surface area contributed by atoms with Crippen molar-refractivity contribution in [2.24, 2.45) is 11.7 Å². The summed E-state index contributed by atoms with van der Waals surface area (Å²) >= 11 is 0. The van der Waals surface area contributed by atoms with Crippen molar-refractivity contribution < 1.29 is 19.4 Å². The third-order valence-electron chi connectivity index (χ3n) is 1.66. The minimum Gasteiger partial charge on any atom is -0.480 e. The quantitative estimate of drug-likeness (QED) is 0.567. The van der Waals surface area contributed by atoms with Crippen LogP contribution in [0.3, 0.4) is 0 Å². The molecule has 0 saturated heterocycles. The first-order valence-electron chi connectivity index (χ1n) is 3.60. The Morgan fingerprint density at radius 3 is 2.33 bits per heavy atom. The second kappa shape index (κ2) is 4.71. The van der Waals surface area contributed by atoms with Crippen LogP contribution >= 0.6 is 0 Å². The monoisotopic (exact) mass is 175 g/mol. The molecule has 0 unspecified atom stereocenters. The van der Waals surface area contributed by atoms with E-state index in [0.717, 1.165) is 0 Å². The molecule has 70 valence electrons. The van der Waals surface area contributed by atoms with Crippen LogP contribution in [0.4, 0.5) is 0 Å². The van der Waals surface area contributed by atoms with E-state index in [-0.39, 0.29) is 0 Å². The Kier molecular flexibility index (Phi) is 4.28. The average Bonchev–Trinajstić information content (AvgIpc) is 2.05. The SMILES string of the molecule is CC[C@H](C(=O)OC)[C@H](N)C(=O)O. The number of esters is 1. The van der Waals surface area contributed by atoms with Gasteiger partial charge in [-0.2, -0.15) is 0 Å². The van der Waals surface area contributed by atoms with E-state index in [1.807, 2.05) is 0 Å². The Morgan fingerprint density at radius 2 is 2.08 bits per heavy atom. The van der Waals surface area contributed by atoms with Gasteiger partial charge in [0.1, 0.15) is 6.04 Å². The van der Waals surface area contributed by atoms with Crippen molar-refractivity contribution in [1.29, 1.82) is 0 Å². The number of carboxylic acids is 1. The maximum atomic E-state index is 10.9. The van der Waals surface area contributed by atoms with Crippen LogP contribution in [-0.2, 0) is 14.3 Å². The number of hydrogen-bond donors (Lipinski definition) is 2. The van der Waals surface area contributed by atoms with E-state index in [2.05, 4.69) is 4.74 Å². The van der Waals surface area contributed by atoms with E-state index in [9.17, 15) is 9.59 Å². The van der Waals surface area contributed by atoms with E-state index in [4.69, 9.17) is 10.8 Å². The van der Waals surface area contributed by atoms with Gasteiger partial charge in [0.15, 0.2) is 0 Å². The van der Waals surface area contributed by atoms with E-state index in [0.29, 0.717) is 6.42 Å². The topological polar surface area (TPSA) is 89.6 Å². The van der Waals surface area contributed by atoms with Crippen LogP contribution < -0.4 is 5.73 Å². The minimum absolute atomic E-state index is 0.361. The molecule has 0 saturated carbocycles. The molecule has 0 fully saturated rings. The number of hydrogen-bond acceptors (Lipinski definition) is 4. The van der Waals surface area contributed by atoms with Crippen molar-refractivity contribution in [2.45, 2.75) is 19.4 Å². The van der Waals surface area contributed by atoms with E-state index in [1.165, 1.54) is 7.11 Å². The molecule has 0 spiro atoms. The minimum atomic E-state index is -1.19. The maximum absolute atomic E-state index is 10.9. The van der Waals surface area contributed by atoms with Crippen LogP contribution in [0.15, 0.2) is 0 Å². The van der Waals surface area contributed by atoms with Crippen molar-refractivity contribution in [3.8, 4) is 0 Å². The number of nitrogens with two attached hydrogens (primary N) is 1. The molecule has 0 aromatic carbocycles. The number of aliphatic carboxylic acids is 1. The molecule has 0 heterocycles. The summed E-state index contributed by atoms with van der Waals surface area (Å²) in [5, 5.41) is 8.50. The van der Waals surface area contributed by atoms with Crippen molar-refractivity contribution in [3.05, 3.63) is 0 Å². The lowest BCUT2D eigenvalue weighted by atomic mass is 9.98. The molecule has 5 nitrogen and oxygen atoms in total. The van der Waals surface area contributed by atoms with Gasteiger partial charge in [-0.05, 0) is 6.42 Å². The molecule has 0 rings (SSSR count). The zero-order valence-electron chi connectivity index (χ0n) is 7.11. The average molecular weight is 175 g/mol. The summed E-state index contributed by atoms with van der Waals surface area (Å²) in [5.74, 6) is -2.52. The maximum Gasteiger partial charge on any atom is 0.321 e. The van der Waals surface area contributed by atoms with Crippen LogP contribution in [0.5, 0.6) is 0 Å². The lowest BCUT2D eigenvalue weighted by Gasteiger charge is -2.15. The zero-order chi connectivity index (χ0) is 9.72. The predicted octanol–water partition coefficient (Wildman–Crippen LogP) is -0.402. The Labute approximate surface area is 70.5 Å². The molecular weight excluding hydrogens is 162 g/mol. The molecule has 0 aliphatic heterocycles. The normalized spacial score (nSPS) is 14.9. The van der Waals surface area contributed by atoms with E-state index < -0.39 is 23.9 Å². The van der Waals surface area contributed by atoms with Crippen LogP contribution in [0.2, 0.25) is 0 Å². The number of carbonyl (C=O) groups is 2. The summed E-state index contributed by atoms with van der Waals surface area (Å²) in [6.45, 7) is 1.68. The van der Waals surface area contributed by atoms with Crippen molar-refractivity contribution in [2.75, 3.05) is 7.11 Å². The molecule has 0 radical (unpaired) electrons. The molecule has 0 aromatic rings. The standard InChI is InChI=1S/C7H13NO4/c1-3-4(7(11)12-2)5(8)6(9)10/h4-5H,3,8H2,1-2H3,(H,9,10)/t4-,5-/m0/s1. The van der Waals surface area contributed by atoms with Gasteiger partial charge in [-0.15, -0.1) is 0 Å². The molecular formula is C7H13NO4. The Morgan fingerprint density at radius 1 is 1.58 bits per heavy atom. The highest BCUT2D eigenvalue weighted by molar-refractivity contribution is 5.83. The summed E-state index contributed by atoms with van der Waals surface area (Å²) < 4.78 is 4.39. The van der Waals surface area contributed by atoms with E-state index in [1.54, 1.807) is 6.92 Å². The number of carbonyl (C=O) groups excluding carboxylic acids is 1. The van der Waals surface area contributed by atoms with Gasteiger partial charge in [-0.3, -0.25) is 9.59 Å². The molecule has 3 N–H and O–H groups in total. The van der Waals surface area contributed by atoms with Gasteiger partial charge in [0.25, 0.3) is 0 Å². The van der Waals surface area contributed by atoms with Crippen LogP contribution in [-0.4, -0.2) is 30.2 Å². The number of ether oxygens (including phenoxy) is 1. The highest BCUT2D eigenvalue weighted by Gasteiger charge is 2.29. The second-order valence-electron chi connectivity index (χ2n) is 2.40. The fraction of sp³-hybridized carbons (Fsp3) is 0.714. The highest BCUT2D eigenvalue weighted by atomic mass is 16.5. The van der Waals surface area contributed by atoms with Gasteiger partial charge in [0, 0.05) is 0 Å². The third-order valence-corrected chi connectivity index (χ3v) is 1.66. The Bertz CT molecular complexity index is 180. The number of methoxy groups -OCH3 is 1. The predicted molar refractivity (Wildman–Crippen MR) is 41.4 cm³/mol. The molecule has 0 aromatic heterocycles. The summed E-state index contributed by atoms with van der Waals surface area (Å²) in [5.41, 5.74) is 5.25. The molecule has 0 aliphatic rings. The molecule has 0 aliphatic carbocycles. The molecule has 0 bridgehead atoms. The van der Waals surface area contributed by atoms with Crippen LogP contribution in [0.25, 0.3) is 0 Å². The Balaban J connectivity index is 4.33. The fourth-order valence-electron chi connectivity index (χ4n) is 0.891. The van der Waals surface area contributed by atoms with Gasteiger partial charge in [0.05, 0.1) is 13.0 Å². The third kappa shape index (κ3) is 2.50. The van der Waals surface area contributed by atoms with E-state index >= 15 is 0 Å². The summed E-state index contributed by atoms with van der Waals surface area (Å²) in [7, 11) is 1.21. The largest absolute Gasteiger partial charge is 0.480 e. The van der Waals surface area contributed by atoms with Gasteiger partial charge in [-0.1, -0.05) is 6.92 Å². The van der Waals surface area contributed by atoms with Crippen LogP contribution in [0, 0.1) is 5.92 Å². The molecule has 12 heavy (non-hydrogen) atoms. The second-order valence-corrected chi connectivity index (χ2v) is 2.40. The van der Waals surface area contributed by atoms with Gasteiger partial charge in [-0.25, -0.2) is 0 Å².